The minimum Gasteiger partial charge on any atom is -0.378 e. The number of nitroso groups, excluding NO2 is 1. The van der Waals surface area contributed by atoms with E-state index in [4.69, 9.17) is 24.7 Å². The van der Waals surface area contributed by atoms with Gasteiger partial charge < -0.3 is 14.2 Å². The van der Waals surface area contributed by atoms with Crippen LogP contribution in [0.4, 0.5) is 0 Å². The van der Waals surface area contributed by atoms with E-state index >= 15 is 0 Å². The minimum atomic E-state index is -0.316. The molecule has 0 atom stereocenters. The van der Waals surface area contributed by atoms with Crippen LogP contribution in [0.2, 0.25) is 0 Å². The van der Waals surface area contributed by atoms with Gasteiger partial charge in [0.15, 0.2) is 0 Å². The topological polar surface area (TPSA) is 105 Å². The second-order valence-corrected chi connectivity index (χ2v) is 3.31. The maximum Gasteiger partial charge on any atom is 0.104 e. The van der Waals surface area contributed by atoms with Gasteiger partial charge in [0, 0.05) is 0 Å². The summed E-state index contributed by atoms with van der Waals surface area (Å²) in [7, 11) is 0. The van der Waals surface area contributed by atoms with Gasteiger partial charge >= 0.3 is 0 Å². The molecule has 0 aliphatic rings. The molecule has 7 heteroatoms. The first kappa shape index (κ1) is 16.5. The minimum absolute atomic E-state index is 0.0763. The molecule has 0 aromatic carbocycles. The predicted molar refractivity (Wildman–Crippen MR) is 62.5 cm³/mol. The summed E-state index contributed by atoms with van der Waals surface area (Å²) in [5.74, 6) is 0. The lowest BCUT2D eigenvalue weighted by Crippen LogP contribution is -2.27. The number of nitriles is 2. The van der Waals surface area contributed by atoms with E-state index in [1.54, 1.807) is 0 Å². The van der Waals surface area contributed by atoms with E-state index in [9.17, 15) is 4.91 Å². The van der Waals surface area contributed by atoms with E-state index in [1.165, 1.54) is 0 Å². The largest absolute Gasteiger partial charge is 0.378 e. The molecule has 0 amide bonds. The van der Waals surface area contributed by atoms with Crippen LogP contribution in [0.1, 0.15) is 12.8 Å². The van der Waals surface area contributed by atoms with Gasteiger partial charge in [-0.25, -0.2) is 0 Å². The average molecular weight is 255 g/mol. The van der Waals surface area contributed by atoms with Crippen LogP contribution < -0.4 is 0 Å². The maximum absolute atomic E-state index is 9.92. The fourth-order valence-corrected chi connectivity index (χ4v) is 1.07. The third kappa shape index (κ3) is 11.0. The Hall–Kier alpha value is -1.54. The summed E-state index contributed by atoms with van der Waals surface area (Å²) in [6.07, 6.45) is 0.319. The molecule has 18 heavy (non-hydrogen) atoms. The first-order valence-corrected chi connectivity index (χ1v) is 5.65. The molecule has 0 unspecified atom stereocenters. The van der Waals surface area contributed by atoms with Crippen LogP contribution in [0.15, 0.2) is 5.18 Å². The standard InChI is InChI=1S/C11H17N3O4/c12-3-1-6-16-9-11(18-8-5-14-15)10-17-7-2-4-13/h11H,1-2,5-10H2. The van der Waals surface area contributed by atoms with E-state index in [0.717, 1.165) is 0 Å². The van der Waals surface area contributed by atoms with Crippen molar-refractivity contribution in [2.45, 2.75) is 18.9 Å². The molecule has 0 spiro atoms. The van der Waals surface area contributed by atoms with Crippen LogP contribution in [0.3, 0.4) is 0 Å². The van der Waals surface area contributed by atoms with E-state index in [2.05, 4.69) is 5.18 Å². The molecule has 0 radical (unpaired) electrons. The van der Waals surface area contributed by atoms with Gasteiger partial charge in [-0.1, -0.05) is 5.18 Å². The Morgan fingerprint density at radius 2 is 1.56 bits per heavy atom. The van der Waals surface area contributed by atoms with Crippen molar-refractivity contribution in [3.8, 4) is 12.1 Å². The average Bonchev–Trinajstić information content (AvgIpc) is 2.39. The van der Waals surface area contributed by atoms with Crippen molar-refractivity contribution in [1.82, 2.24) is 0 Å². The summed E-state index contributed by atoms with van der Waals surface area (Å²) >= 11 is 0. The first-order valence-electron chi connectivity index (χ1n) is 5.65. The molecule has 100 valence electrons. The highest BCUT2D eigenvalue weighted by Crippen LogP contribution is 1.97. The first-order chi connectivity index (χ1) is 8.85. The van der Waals surface area contributed by atoms with Gasteiger partial charge in [0.2, 0.25) is 0 Å². The highest BCUT2D eigenvalue weighted by Gasteiger charge is 2.09. The van der Waals surface area contributed by atoms with Gasteiger partial charge in [-0.05, 0) is 0 Å². The normalized spacial score (nSPS) is 9.94. The zero-order valence-corrected chi connectivity index (χ0v) is 10.2. The molecule has 7 nitrogen and oxygen atoms in total. The number of ether oxygens (including phenoxy) is 3. The lowest BCUT2D eigenvalue weighted by atomic mass is 10.4. The molecule has 0 aromatic heterocycles. The molecule has 0 fully saturated rings. The third-order valence-corrected chi connectivity index (χ3v) is 1.86. The quantitative estimate of drug-likeness (QED) is 0.380. The molecular weight excluding hydrogens is 238 g/mol. The smallest absolute Gasteiger partial charge is 0.104 e. The Labute approximate surface area is 106 Å². The van der Waals surface area contributed by atoms with Crippen molar-refractivity contribution >= 4 is 0 Å². The summed E-state index contributed by atoms with van der Waals surface area (Å²) in [4.78, 5) is 9.92. The molecule has 0 N–H and O–H groups in total. The molecule has 0 rings (SSSR count). The third-order valence-electron chi connectivity index (χ3n) is 1.86. The second-order valence-electron chi connectivity index (χ2n) is 3.31. The Morgan fingerprint density at radius 3 is 2.00 bits per heavy atom. The van der Waals surface area contributed by atoms with Crippen molar-refractivity contribution in [3.05, 3.63) is 4.91 Å². The summed E-state index contributed by atoms with van der Waals surface area (Å²) < 4.78 is 15.8. The lowest BCUT2D eigenvalue weighted by molar-refractivity contribution is -0.0561. The van der Waals surface area contributed by atoms with E-state index in [1.807, 2.05) is 12.1 Å². The van der Waals surface area contributed by atoms with Gasteiger partial charge in [0.1, 0.15) is 12.6 Å². The predicted octanol–water partition coefficient (Wildman–Crippen LogP) is 0.999. The molecule has 0 heterocycles. The monoisotopic (exact) mass is 255 g/mol. The summed E-state index contributed by atoms with van der Waals surface area (Å²) in [5, 5.41) is 19.4. The van der Waals surface area contributed by atoms with Gasteiger partial charge in [0.25, 0.3) is 0 Å². The fraction of sp³-hybridized carbons (Fsp3) is 0.818. The zero-order valence-electron chi connectivity index (χ0n) is 10.2. The van der Waals surface area contributed by atoms with Crippen LogP contribution in [-0.4, -0.2) is 45.7 Å². The number of hydrogen-bond acceptors (Lipinski definition) is 7. The maximum atomic E-state index is 9.92. The molecule has 0 saturated carbocycles. The van der Waals surface area contributed by atoms with Crippen LogP contribution in [0.5, 0.6) is 0 Å². The van der Waals surface area contributed by atoms with E-state index < -0.39 is 0 Å². The van der Waals surface area contributed by atoms with Crippen molar-refractivity contribution in [1.29, 1.82) is 10.5 Å². The summed E-state index contributed by atoms with van der Waals surface area (Å²) in [6.45, 7) is 1.52. The molecular formula is C11H17N3O4. The number of hydrogen-bond donors (Lipinski definition) is 0. The Morgan fingerprint density at radius 1 is 1.00 bits per heavy atom. The highest BCUT2D eigenvalue weighted by atomic mass is 16.6. The van der Waals surface area contributed by atoms with Crippen LogP contribution in [0.25, 0.3) is 0 Å². The van der Waals surface area contributed by atoms with Gasteiger partial charge in [-0.15, -0.1) is 0 Å². The van der Waals surface area contributed by atoms with Gasteiger partial charge in [-0.3, -0.25) is 0 Å². The fourth-order valence-electron chi connectivity index (χ4n) is 1.07. The van der Waals surface area contributed by atoms with Crippen LogP contribution in [0, 0.1) is 27.6 Å². The van der Waals surface area contributed by atoms with Crippen molar-refractivity contribution in [3.63, 3.8) is 0 Å². The van der Waals surface area contributed by atoms with Crippen molar-refractivity contribution < 1.29 is 14.2 Å². The highest BCUT2D eigenvalue weighted by molar-refractivity contribution is 4.69. The van der Waals surface area contributed by atoms with Crippen LogP contribution in [-0.2, 0) is 14.2 Å². The Bertz CT molecular complexity index is 263. The summed E-state index contributed by atoms with van der Waals surface area (Å²) in [6, 6.07) is 3.93. The molecule has 0 bridgehead atoms. The van der Waals surface area contributed by atoms with E-state index in [0.29, 0.717) is 26.1 Å². The SMILES string of the molecule is N#CCCOCC(COCCC#N)OCCN=O. The van der Waals surface area contributed by atoms with Gasteiger partial charge in [0.05, 0.1) is 58.0 Å². The molecule has 0 saturated heterocycles. The van der Waals surface area contributed by atoms with Crippen LogP contribution >= 0.6 is 0 Å². The number of rotatable bonds is 12. The van der Waals surface area contributed by atoms with Gasteiger partial charge in [-0.2, -0.15) is 15.4 Å². The Kier molecular flexibility index (Phi) is 12.4. The second kappa shape index (κ2) is 13.5. The molecule has 0 aliphatic carbocycles. The lowest BCUT2D eigenvalue weighted by Gasteiger charge is -2.17. The van der Waals surface area contributed by atoms with E-state index in [-0.39, 0.29) is 32.5 Å². The Balaban J connectivity index is 3.73. The van der Waals surface area contributed by atoms with Crippen molar-refractivity contribution in [2.75, 3.05) is 39.6 Å². The molecule has 0 aliphatic heterocycles. The number of nitrogens with zero attached hydrogens (tertiary/aromatic N) is 3. The molecule has 0 aromatic rings. The zero-order chi connectivity index (χ0) is 13.5. The summed E-state index contributed by atoms with van der Waals surface area (Å²) in [5.41, 5.74) is 0. The van der Waals surface area contributed by atoms with Crippen molar-refractivity contribution in [2.24, 2.45) is 5.18 Å².